The fourth-order valence-corrected chi connectivity index (χ4v) is 1.72. The quantitative estimate of drug-likeness (QED) is 0.655. The number of hydrogen-bond acceptors (Lipinski definition) is 5. The lowest BCUT2D eigenvalue weighted by molar-refractivity contribution is -0.385. The van der Waals surface area contributed by atoms with E-state index in [2.05, 4.69) is 5.10 Å². The summed E-state index contributed by atoms with van der Waals surface area (Å²) in [5.41, 5.74) is 6.57. The summed E-state index contributed by atoms with van der Waals surface area (Å²) < 4.78 is 1.68. The second-order valence-corrected chi connectivity index (χ2v) is 3.85. The molecule has 2 aromatic rings. The standard InChI is InChI=1S/C12H11N5O2/c13-4-6-16-5-3-11(15-16)9-1-2-12(17(18)19)10(7-9)8-14/h1-3,5,7H,4,6,13H2. The van der Waals surface area contributed by atoms with Gasteiger partial charge in [0.15, 0.2) is 0 Å². The van der Waals surface area contributed by atoms with Gasteiger partial charge in [0.2, 0.25) is 0 Å². The van der Waals surface area contributed by atoms with E-state index in [1.807, 2.05) is 6.07 Å². The highest BCUT2D eigenvalue weighted by Gasteiger charge is 2.15. The van der Waals surface area contributed by atoms with Gasteiger partial charge in [-0.15, -0.1) is 0 Å². The highest BCUT2D eigenvalue weighted by atomic mass is 16.6. The molecular formula is C12H11N5O2. The Hall–Kier alpha value is -2.72. The first-order valence-corrected chi connectivity index (χ1v) is 5.58. The summed E-state index contributed by atoms with van der Waals surface area (Å²) in [7, 11) is 0. The number of nitro groups is 1. The molecule has 1 aromatic carbocycles. The van der Waals surface area contributed by atoms with Crippen LogP contribution < -0.4 is 5.73 Å². The molecule has 2 N–H and O–H groups in total. The molecule has 0 radical (unpaired) electrons. The third-order valence-corrected chi connectivity index (χ3v) is 2.61. The molecule has 0 aliphatic rings. The van der Waals surface area contributed by atoms with Gasteiger partial charge >= 0.3 is 0 Å². The number of rotatable bonds is 4. The van der Waals surface area contributed by atoms with Crippen molar-refractivity contribution in [2.75, 3.05) is 6.54 Å². The van der Waals surface area contributed by atoms with E-state index in [-0.39, 0.29) is 11.3 Å². The van der Waals surface area contributed by atoms with Crippen molar-refractivity contribution in [2.24, 2.45) is 5.73 Å². The number of nitrogens with zero attached hydrogens (tertiary/aromatic N) is 4. The van der Waals surface area contributed by atoms with E-state index in [1.54, 1.807) is 23.0 Å². The first kappa shape index (κ1) is 12.7. The zero-order valence-electron chi connectivity index (χ0n) is 9.98. The van der Waals surface area contributed by atoms with Gasteiger partial charge in [-0.25, -0.2) is 0 Å². The first-order valence-electron chi connectivity index (χ1n) is 5.58. The Labute approximate surface area is 109 Å². The highest BCUT2D eigenvalue weighted by Crippen LogP contribution is 2.24. The SMILES string of the molecule is N#Cc1cc(-c2ccn(CCN)n2)ccc1[N+](=O)[O-]. The van der Waals surface area contributed by atoms with Crippen LogP contribution in [0.1, 0.15) is 5.56 Å². The van der Waals surface area contributed by atoms with E-state index in [4.69, 9.17) is 11.0 Å². The van der Waals surface area contributed by atoms with Crippen LogP contribution in [0, 0.1) is 21.4 Å². The van der Waals surface area contributed by atoms with Crippen LogP contribution in [0.2, 0.25) is 0 Å². The molecule has 0 saturated carbocycles. The maximum absolute atomic E-state index is 10.7. The molecule has 0 amide bonds. The van der Waals surface area contributed by atoms with Gasteiger partial charge in [-0.3, -0.25) is 14.8 Å². The molecule has 0 fully saturated rings. The Morgan fingerprint density at radius 3 is 2.89 bits per heavy atom. The molecule has 0 aliphatic heterocycles. The summed E-state index contributed by atoms with van der Waals surface area (Å²) in [5.74, 6) is 0. The van der Waals surface area contributed by atoms with E-state index in [0.717, 1.165) is 0 Å². The predicted molar refractivity (Wildman–Crippen MR) is 68.1 cm³/mol. The monoisotopic (exact) mass is 257 g/mol. The molecule has 0 unspecified atom stereocenters. The van der Waals surface area contributed by atoms with E-state index in [1.165, 1.54) is 12.1 Å². The van der Waals surface area contributed by atoms with Crippen LogP contribution in [0.15, 0.2) is 30.5 Å². The predicted octanol–water partition coefficient (Wildman–Crippen LogP) is 1.29. The van der Waals surface area contributed by atoms with Crippen molar-refractivity contribution in [1.29, 1.82) is 5.26 Å². The molecule has 0 aliphatic carbocycles. The summed E-state index contributed by atoms with van der Waals surface area (Å²) in [5, 5.41) is 23.9. The molecule has 1 aromatic heterocycles. The van der Waals surface area contributed by atoms with Gasteiger partial charge in [0, 0.05) is 24.4 Å². The molecule has 96 valence electrons. The Balaban J connectivity index is 2.40. The first-order chi connectivity index (χ1) is 9.15. The molecule has 2 rings (SSSR count). The van der Waals surface area contributed by atoms with E-state index in [9.17, 15) is 10.1 Å². The van der Waals surface area contributed by atoms with Crippen molar-refractivity contribution in [3.05, 3.63) is 46.1 Å². The van der Waals surface area contributed by atoms with Crippen molar-refractivity contribution in [2.45, 2.75) is 6.54 Å². The maximum atomic E-state index is 10.7. The minimum absolute atomic E-state index is 0.0240. The summed E-state index contributed by atoms with van der Waals surface area (Å²) in [6.07, 6.45) is 1.77. The molecule has 0 bridgehead atoms. The van der Waals surface area contributed by atoms with Gasteiger partial charge in [-0.1, -0.05) is 0 Å². The zero-order chi connectivity index (χ0) is 13.8. The Morgan fingerprint density at radius 1 is 1.47 bits per heavy atom. The van der Waals surface area contributed by atoms with Gasteiger partial charge < -0.3 is 5.73 Å². The molecule has 1 heterocycles. The summed E-state index contributed by atoms with van der Waals surface area (Å²) in [6.45, 7) is 1.07. The van der Waals surface area contributed by atoms with Gasteiger partial charge in [0.25, 0.3) is 5.69 Å². The van der Waals surface area contributed by atoms with Gasteiger partial charge in [0.1, 0.15) is 11.6 Å². The molecular weight excluding hydrogens is 246 g/mol. The highest BCUT2D eigenvalue weighted by molar-refractivity contribution is 5.65. The van der Waals surface area contributed by atoms with Crippen molar-refractivity contribution in [3.8, 4) is 17.3 Å². The van der Waals surface area contributed by atoms with Crippen LogP contribution in [0.25, 0.3) is 11.3 Å². The van der Waals surface area contributed by atoms with Crippen molar-refractivity contribution in [1.82, 2.24) is 9.78 Å². The van der Waals surface area contributed by atoms with Gasteiger partial charge in [-0.2, -0.15) is 10.4 Å². The van der Waals surface area contributed by atoms with Crippen LogP contribution in [0.3, 0.4) is 0 Å². The number of nitro benzene ring substituents is 1. The fourth-order valence-electron chi connectivity index (χ4n) is 1.72. The topological polar surface area (TPSA) is 111 Å². The second kappa shape index (κ2) is 5.29. The fraction of sp³-hybridized carbons (Fsp3) is 0.167. The lowest BCUT2D eigenvalue weighted by Crippen LogP contribution is -2.10. The van der Waals surface area contributed by atoms with E-state index >= 15 is 0 Å². The van der Waals surface area contributed by atoms with Gasteiger partial charge in [0.05, 0.1) is 17.2 Å². The maximum Gasteiger partial charge on any atom is 0.287 e. The lowest BCUT2D eigenvalue weighted by atomic mass is 10.1. The van der Waals surface area contributed by atoms with E-state index in [0.29, 0.717) is 24.3 Å². The largest absolute Gasteiger partial charge is 0.329 e. The number of nitriles is 1. The van der Waals surface area contributed by atoms with Gasteiger partial charge in [-0.05, 0) is 18.2 Å². The number of aromatic nitrogens is 2. The molecule has 7 heteroatoms. The average molecular weight is 257 g/mol. The number of benzene rings is 1. The minimum Gasteiger partial charge on any atom is -0.329 e. The third-order valence-electron chi connectivity index (χ3n) is 2.61. The Kier molecular flexibility index (Phi) is 3.54. The molecule has 0 atom stereocenters. The van der Waals surface area contributed by atoms with Crippen LogP contribution in [0.5, 0.6) is 0 Å². The Morgan fingerprint density at radius 2 is 2.26 bits per heavy atom. The van der Waals surface area contributed by atoms with Crippen LogP contribution in [-0.4, -0.2) is 21.2 Å². The van der Waals surface area contributed by atoms with Crippen LogP contribution in [0.4, 0.5) is 5.69 Å². The van der Waals surface area contributed by atoms with Crippen molar-refractivity contribution < 1.29 is 4.92 Å². The smallest absolute Gasteiger partial charge is 0.287 e. The number of nitrogens with two attached hydrogens (primary N) is 1. The second-order valence-electron chi connectivity index (χ2n) is 3.85. The molecule has 19 heavy (non-hydrogen) atoms. The molecule has 7 nitrogen and oxygen atoms in total. The lowest BCUT2D eigenvalue weighted by Gasteiger charge is -2.00. The van der Waals surface area contributed by atoms with Crippen LogP contribution in [-0.2, 0) is 6.54 Å². The van der Waals surface area contributed by atoms with Crippen LogP contribution >= 0.6 is 0 Å². The number of hydrogen-bond donors (Lipinski definition) is 1. The summed E-state index contributed by atoms with van der Waals surface area (Å²) >= 11 is 0. The Bertz CT molecular complexity index is 656. The van der Waals surface area contributed by atoms with Crippen molar-refractivity contribution in [3.63, 3.8) is 0 Å². The van der Waals surface area contributed by atoms with Crippen molar-refractivity contribution >= 4 is 5.69 Å². The average Bonchev–Trinajstić information content (AvgIpc) is 2.87. The normalized spacial score (nSPS) is 10.1. The minimum atomic E-state index is -0.574. The zero-order valence-corrected chi connectivity index (χ0v) is 9.98. The summed E-state index contributed by atoms with van der Waals surface area (Å²) in [6, 6.07) is 7.96. The summed E-state index contributed by atoms with van der Waals surface area (Å²) in [4.78, 5) is 10.2. The van der Waals surface area contributed by atoms with E-state index < -0.39 is 4.92 Å². The third kappa shape index (κ3) is 2.59. The molecule has 0 saturated heterocycles. The molecule has 0 spiro atoms.